The molecule has 1 aromatic heterocycles. The molecule has 1 fully saturated rings. The Hall–Kier alpha value is -2.27. The van der Waals surface area contributed by atoms with E-state index in [-0.39, 0.29) is 31.5 Å². The summed E-state index contributed by atoms with van der Waals surface area (Å²) in [6.45, 7) is 0.127. The number of halogens is 3. The van der Waals surface area contributed by atoms with Gasteiger partial charge in [0.25, 0.3) is 5.91 Å². The van der Waals surface area contributed by atoms with Gasteiger partial charge in [-0.3, -0.25) is 4.79 Å². The SMILES string of the molecule is N#C/C(=C\c1ccco1)C(=O)N1CCC(C(O)C(F)(F)F)CC1. The van der Waals surface area contributed by atoms with Gasteiger partial charge in [0.2, 0.25) is 0 Å². The van der Waals surface area contributed by atoms with Crippen LogP contribution in [0.1, 0.15) is 18.6 Å². The lowest BCUT2D eigenvalue weighted by atomic mass is 9.90. The van der Waals surface area contributed by atoms with Crippen molar-refractivity contribution >= 4 is 12.0 Å². The number of amides is 1. The summed E-state index contributed by atoms with van der Waals surface area (Å²) in [5.41, 5.74) is -0.144. The van der Waals surface area contributed by atoms with E-state index in [1.165, 1.54) is 17.2 Å². The highest BCUT2D eigenvalue weighted by molar-refractivity contribution is 6.01. The third kappa shape index (κ3) is 4.13. The third-order valence-corrected chi connectivity index (χ3v) is 3.79. The van der Waals surface area contributed by atoms with Crippen molar-refractivity contribution in [3.8, 4) is 6.07 Å². The molecule has 2 rings (SSSR count). The number of nitriles is 1. The lowest BCUT2D eigenvalue weighted by Crippen LogP contribution is -2.45. The van der Waals surface area contributed by atoms with Crippen molar-refractivity contribution < 1.29 is 27.5 Å². The number of furan rings is 1. The Kier molecular flexibility index (Phi) is 5.11. The van der Waals surface area contributed by atoms with Crippen LogP contribution in [0.3, 0.4) is 0 Å². The molecule has 5 nitrogen and oxygen atoms in total. The number of carbonyl (C=O) groups excluding carboxylic acids is 1. The Bertz CT molecular complexity index is 609. The topological polar surface area (TPSA) is 77.5 Å². The van der Waals surface area contributed by atoms with Gasteiger partial charge in [-0.2, -0.15) is 18.4 Å². The van der Waals surface area contributed by atoms with Crippen LogP contribution in [-0.4, -0.2) is 41.3 Å². The Labute approximate surface area is 130 Å². The van der Waals surface area contributed by atoms with E-state index >= 15 is 0 Å². The highest BCUT2D eigenvalue weighted by Crippen LogP contribution is 2.31. The molecule has 23 heavy (non-hydrogen) atoms. The second-order valence-corrected chi connectivity index (χ2v) is 5.30. The first-order valence-corrected chi connectivity index (χ1v) is 7.02. The van der Waals surface area contributed by atoms with E-state index in [2.05, 4.69) is 0 Å². The van der Waals surface area contributed by atoms with Gasteiger partial charge < -0.3 is 14.4 Å². The molecule has 1 N–H and O–H groups in total. The fraction of sp³-hybridized carbons (Fsp3) is 0.467. The van der Waals surface area contributed by atoms with E-state index in [1.807, 2.05) is 0 Å². The van der Waals surface area contributed by atoms with Crippen LogP contribution in [0.5, 0.6) is 0 Å². The maximum absolute atomic E-state index is 12.5. The van der Waals surface area contributed by atoms with Crippen LogP contribution in [0.4, 0.5) is 13.2 Å². The van der Waals surface area contributed by atoms with Gasteiger partial charge in [0, 0.05) is 19.2 Å². The van der Waals surface area contributed by atoms with Gasteiger partial charge >= 0.3 is 6.18 Å². The van der Waals surface area contributed by atoms with E-state index in [0.29, 0.717) is 5.76 Å². The molecule has 0 saturated carbocycles. The molecule has 0 bridgehead atoms. The minimum absolute atomic E-state index is 0.0336. The summed E-state index contributed by atoms with van der Waals surface area (Å²) in [4.78, 5) is 13.6. The maximum atomic E-state index is 12.5. The molecule has 1 saturated heterocycles. The summed E-state index contributed by atoms with van der Waals surface area (Å²) >= 11 is 0. The van der Waals surface area contributed by atoms with Crippen LogP contribution < -0.4 is 0 Å². The van der Waals surface area contributed by atoms with Crippen LogP contribution in [-0.2, 0) is 4.79 Å². The quantitative estimate of drug-likeness (QED) is 0.682. The molecule has 8 heteroatoms. The van der Waals surface area contributed by atoms with Crippen molar-refractivity contribution in [1.29, 1.82) is 5.26 Å². The largest absolute Gasteiger partial charge is 0.465 e. The third-order valence-electron chi connectivity index (χ3n) is 3.79. The summed E-state index contributed by atoms with van der Waals surface area (Å²) in [7, 11) is 0. The van der Waals surface area contributed by atoms with Crippen molar-refractivity contribution in [2.75, 3.05) is 13.1 Å². The molecule has 1 amide bonds. The van der Waals surface area contributed by atoms with Gasteiger partial charge in [0.15, 0.2) is 6.10 Å². The summed E-state index contributed by atoms with van der Waals surface area (Å²) in [5.74, 6) is -1.14. The number of hydrogen-bond donors (Lipinski definition) is 1. The Morgan fingerprint density at radius 1 is 1.48 bits per heavy atom. The average molecular weight is 328 g/mol. The number of nitrogens with zero attached hydrogens (tertiary/aromatic N) is 2. The van der Waals surface area contributed by atoms with E-state index < -0.39 is 24.1 Å². The number of alkyl halides is 3. The zero-order chi connectivity index (χ0) is 17.0. The van der Waals surface area contributed by atoms with Gasteiger partial charge in [-0.25, -0.2) is 0 Å². The number of likely N-dealkylation sites (tertiary alicyclic amines) is 1. The number of carbonyl (C=O) groups is 1. The number of aliphatic hydroxyl groups excluding tert-OH is 1. The summed E-state index contributed by atoms with van der Waals surface area (Å²) in [6, 6.07) is 4.96. The standard InChI is InChI=1S/C15H15F3N2O3/c16-15(17,18)13(21)10-3-5-20(6-4-10)14(22)11(9-19)8-12-2-1-7-23-12/h1-2,7-8,10,13,21H,3-6H2/b11-8+. The summed E-state index contributed by atoms with van der Waals surface area (Å²) in [5, 5.41) is 18.3. The molecule has 1 aliphatic heterocycles. The second kappa shape index (κ2) is 6.87. The molecule has 1 atom stereocenters. The van der Waals surface area contributed by atoms with Gasteiger partial charge in [0.1, 0.15) is 17.4 Å². The number of rotatable bonds is 3. The predicted molar refractivity (Wildman–Crippen MR) is 73.7 cm³/mol. The molecular weight excluding hydrogens is 313 g/mol. The first kappa shape index (κ1) is 17.1. The Morgan fingerprint density at radius 2 is 2.13 bits per heavy atom. The monoisotopic (exact) mass is 328 g/mol. The molecular formula is C15H15F3N2O3. The van der Waals surface area contributed by atoms with E-state index in [4.69, 9.17) is 9.68 Å². The first-order chi connectivity index (χ1) is 10.8. The lowest BCUT2D eigenvalue weighted by molar-refractivity contribution is -0.222. The number of aliphatic hydroxyl groups is 1. The summed E-state index contributed by atoms with van der Waals surface area (Å²) in [6.07, 6.45) is -4.28. The number of piperidine rings is 1. The van der Waals surface area contributed by atoms with Crippen molar-refractivity contribution in [2.24, 2.45) is 5.92 Å². The van der Waals surface area contributed by atoms with Crippen molar-refractivity contribution in [2.45, 2.75) is 25.1 Å². The minimum atomic E-state index is -4.66. The zero-order valence-corrected chi connectivity index (χ0v) is 12.1. The fourth-order valence-corrected chi connectivity index (χ4v) is 2.51. The van der Waals surface area contributed by atoms with Crippen LogP contribution in [0.2, 0.25) is 0 Å². The van der Waals surface area contributed by atoms with Gasteiger partial charge in [0.05, 0.1) is 6.26 Å². The van der Waals surface area contributed by atoms with E-state index in [0.717, 1.165) is 0 Å². The van der Waals surface area contributed by atoms with Crippen LogP contribution in [0, 0.1) is 17.2 Å². The molecule has 0 radical (unpaired) electrons. The smallest absolute Gasteiger partial charge is 0.414 e. The molecule has 124 valence electrons. The molecule has 0 spiro atoms. The first-order valence-electron chi connectivity index (χ1n) is 7.02. The Balaban J connectivity index is 1.99. The fourth-order valence-electron chi connectivity index (χ4n) is 2.51. The van der Waals surface area contributed by atoms with Crippen molar-refractivity contribution in [3.63, 3.8) is 0 Å². The van der Waals surface area contributed by atoms with E-state index in [9.17, 15) is 23.1 Å². The molecule has 0 aromatic carbocycles. The molecule has 1 aliphatic rings. The minimum Gasteiger partial charge on any atom is -0.465 e. The average Bonchev–Trinajstić information content (AvgIpc) is 3.03. The van der Waals surface area contributed by atoms with Crippen LogP contribution in [0.25, 0.3) is 6.08 Å². The maximum Gasteiger partial charge on any atom is 0.414 e. The summed E-state index contributed by atoms with van der Waals surface area (Å²) < 4.78 is 42.5. The second-order valence-electron chi connectivity index (χ2n) is 5.30. The highest BCUT2D eigenvalue weighted by Gasteiger charge is 2.44. The van der Waals surface area contributed by atoms with Crippen molar-refractivity contribution in [1.82, 2.24) is 4.90 Å². The van der Waals surface area contributed by atoms with Gasteiger partial charge in [-0.05, 0) is 30.9 Å². The number of hydrogen-bond acceptors (Lipinski definition) is 4. The highest BCUT2D eigenvalue weighted by atomic mass is 19.4. The van der Waals surface area contributed by atoms with Gasteiger partial charge in [-0.1, -0.05) is 0 Å². The van der Waals surface area contributed by atoms with Crippen LogP contribution >= 0.6 is 0 Å². The van der Waals surface area contributed by atoms with E-state index in [1.54, 1.807) is 18.2 Å². The van der Waals surface area contributed by atoms with Gasteiger partial charge in [-0.15, -0.1) is 0 Å². The molecule has 2 heterocycles. The predicted octanol–water partition coefficient (Wildman–Crippen LogP) is 2.35. The van der Waals surface area contributed by atoms with Crippen molar-refractivity contribution in [3.05, 3.63) is 29.7 Å². The Morgan fingerprint density at radius 3 is 2.61 bits per heavy atom. The normalized spacial score (nSPS) is 18.6. The molecule has 1 unspecified atom stereocenters. The zero-order valence-electron chi connectivity index (χ0n) is 12.1. The molecule has 0 aliphatic carbocycles. The lowest BCUT2D eigenvalue weighted by Gasteiger charge is -2.34. The van der Waals surface area contributed by atoms with Crippen LogP contribution in [0.15, 0.2) is 28.4 Å². The molecule has 1 aromatic rings.